The number of aliphatic hydroxyl groups is 1. The van der Waals surface area contributed by atoms with E-state index in [1.807, 2.05) is 13.8 Å². The number of hydrogen-bond donors (Lipinski definition) is 1. The highest BCUT2D eigenvalue weighted by Gasteiger charge is 1.86. The monoisotopic (exact) mass is 206 g/mol. The van der Waals surface area contributed by atoms with Crippen LogP contribution in [0.5, 0.6) is 0 Å². The van der Waals surface area contributed by atoms with Crippen LogP contribution >= 0.6 is 0 Å². The Balaban J connectivity index is -0.0000000610. The summed E-state index contributed by atoms with van der Waals surface area (Å²) in [4.78, 5) is 9.87. The minimum absolute atomic E-state index is 0. The molecule has 0 saturated carbocycles. The molecule has 14 heavy (non-hydrogen) atoms. The van der Waals surface area contributed by atoms with Crippen molar-refractivity contribution in [3.63, 3.8) is 0 Å². The fraction of sp³-hybridized carbons (Fsp3) is 0.500. The third-order valence-corrected chi connectivity index (χ3v) is 0.397. The van der Waals surface area contributed by atoms with E-state index in [0.29, 0.717) is 0 Å². The highest BCUT2D eigenvalue weighted by atomic mass is 16.5. The van der Waals surface area contributed by atoms with Crippen LogP contribution < -0.4 is 0 Å². The molecule has 0 aliphatic rings. The Kier molecular flexibility index (Phi) is 48.9. The average molecular weight is 206 g/mol. The van der Waals surface area contributed by atoms with Crippen molar-refractivity contribution >= 4 is 5.97 Å². The molecule has 0 atom stereocenters. The summed E-state index contributed by atoms with van der Waals surface area (Å²) in [7, 11) is 0. The molecule has 0 unspecified atom stereocenters. The molecule has 0 aliphatic carbocycles. The lowest BCUT2D eigenvalue weighted by Gasteiger charge is -1.93. The summed E-state index contributed by atoms with van der Waals surface area (Å²) in [6.45, 7) is 11.8. The molecule has 0 heterocycles. The SMILES string of the molecule is C=CC.C=CC.CC(=O)OCCO.O. The fourth-order valence-corrected chi connectivity index (χ4v) is 0.189. The van der Waals surface area contributed by atoms with Crippen molar-refractivity contribution in [1.29, 1.82) is 0 Å². The Hall–Kier alpha value is -1.13. The van der Waals surface area contributed by atoms with E-state index in [2.05, 4.69) is 17.9 Å². The summed E-state index contributed by atoms with van der Waals surface area (Å²) in [6, 6.07) is 0. The summed E-state index contributed by atoms with van der Waals surface area (Å²) < 4.78 is 4.30. The maximum absolute atomic E-state index is 9.87. The van der Waals surface area contributed by atoms with Crippen molar-refractivity contribution in [2.24, 2.45) is 0 Å². The zero-order chi connectivity index (χ0) is 11.1. The van der Waals surface area contributed by atoms with Crippen LogP contribution in [0, 0.1) is 0 Å². The molecule has 0 amide bonds. The van der Waals surface area contributed by atoms with Gasteiger partial charge in [-0.3, -0.25) is 4.79 Å². The number of hydrogen-bond acceptors (Lipinski definition) is 3. The van der Waals surface area contributed by atoms with Crippen molar-refractivity contribution < 1.29 is 20.1 Å². The van der Waals surface area contributed by atoms with E-state index in [1.165, 1.54) is 6.92 Å². The molecule has 0 radical (unpaired) electrons. The summed E-state index contributed by atoms with van der Waals surface area (Å²) >= 11 is 0. The van der Waals surface area contributed by atoms with Gasteiger partial charge in [-0.05, 0) is 13.8 Å². The molecule has 4 heteroatoms. The number of esters is 1. The van der Waals surface area contributed by atoms with Crippen molar-refractivity contribution in [3.05, 3.63) is 25.3 Å². The normalized spacial score (nSPS) is 6.00. The van der Waals surface area contributed by atoms with Gasteiger partial charge in [-0.25, -0.2) is 0 Å². The highest BCUT2D eigenvalue weighted by Crippen LogP contribution is 1.71. The largest absolute Gasteiger partial charge is 0.463 e. The second-order valence-electron chi connectivity index (χ2n) is 1.88. The maximum atomic E-state index is 9.87. The van der Waals surface area contributed by atoms with Gasteiger partial charge in [-0.2, -0.15) is 0 Å². The molecule has 86 valence electrons. The third-order valence-electron chi connectivity index (χ3n) is 0.397. The minimum Gasteiger partial charge on any atom is -0.463 e. The second kappa shape index (κ2) is 29.7. The molecule has 0 saturated heterocycles. The van der Waals surface area contributed by atoms with Crippen LogP contribution in [-0.4, -0.2) is 29.8 Å². The molecule has 0 aliphatic heterocycles. The van der Waals surface area contributed by atoms with E-state index in [-0.39, 0.29) is 24.7 Å². The Morgan fingerprint density at radius 3 is 1.71 bits per heavy atom. The van der Waals surface area contributed by atoms with Gasteiger partial charge in [0.05, 0.1) is 6.61 Å². The van der Waals surface area contributed by atoms with Crippen molar-refractivity contribution in [2.75, 3.05) is 13.2 Å². The van der Waals surface area contributed by atoms with E-state index in [4.69, 9.17) is 5.11 Å². The van der Waals surface area contributed by atoms with Crippen molar-refractivity contribution in [2.45, 2.75) is 20.8 Å². The lowest BCUT2D eigenvalue weighted by atomic mass is 10.7. The molecule has 4 nitrogen and oxygen atoms in total. The first-order valence-electron chi connectivity index (χ1n) is 3.98. The van der Waals surface area contributed by atoms with Crippen LogP contribution in [0.4, 0.5) is 0 Å². The summed E-state index contributed by atoms with van der Waals surface area (Å²) in [5.74, 6) is -0.353. The number of carbonyl (C=O) groups excluding carboxylic acids is 1. The van der Waals surface area contributed by atoms with Gasteiger partial charge in [0.15, 0.2) is 0 Å². The molecule has 0 fully saturated rings. The van der Waals surface area contributed by atoms with Gasteiger partial charge in [0.25, 0.3) is 0 Å². The minimum atomic E-state index is -0.353. The summed E-state index contributed by atoms with van der Waals surface area (Å²) in [5, 5.41) is 8.04. The Labute approximate surface area is 86.2 Å². The Morgan fingerprint density at radius 2 is 1.64 bits per heavy atom. The fourth-order valence-electron chi connectivity index (χ4n) is 0.189. The first kappa shape index (κ1) is 23.0. The summed E-state index contributed by atoms with van der Waals surface area (Å²) in [5.41, 5.74) is 0. The van der Waals surface area contributed by atoms with Gasteiger partial charge in [0.2, 0.25) is 0 Å². The number of carbonyl (C=O) groups is 1. The predicted molar refractivity (Wildman–Crippen MR) is 59.1 cm³/mol. The first-order valence-corrected chi connectivity index (χ1v) is 3.98. The van der Waals surface area contributed by atoms with Gasteiger partial charge in [-0.1, -0.05) is 12.2 Å². The van der Waals surface area contributed by atoms with E-state index in [1.54, 1.807) is 12.2 Å². The molecular formula is C10H22O4. The zero-order valence-corrected chi connectivity index (χ0v) is 9.25. The molecule has 0 spiro atoms. The van der Waals surface area contributed by atoms with Crippen molar-refractivity contribution in [3.8, 4) is 0 Å². The summed E-state index contributed by atoms with van der Waals surface area (Å²) in [6.07, 6.45) is 3.50. The number of allylic oxidation sites excluding steroid dienone is 2. The van der Waals surface area contributed by atoms with Crippen LogP contribution in [0.2, 0.25) is 0 Å². The van der Waals surface area contributed by atoms with Crippen LogP contribution in [-0.2, 0) is 9.53 Å². The van der Waals surface area contributed by atoms with E-state index in [9.17, 15) is 4.79 Å². The van der Waals surface area contributed by atoms with Gasteiger partial charge < -0.3 is 15.3 Å². The van der Waals surface area contributed by atoms with Crippen LogP contribution in [0.1, 0.15) is 20.8 Å². The highest BCUT2D eigenvalue weighted by molar-refractivity contribution is 5.65. The molecular weight excluding hydrogens is 184 g/mol. The molecule has 0 aromatic rings. The lowest BCUT2D eigenvalue weighted by Crippen LogP contribution is -2.03. The van der Waals surface area contributed by atoms with E-state index in [0.717, 1.165) is 0 Å². The molecule has 3 N–H and O–H groups in total. The third kappa shape index (κ3) is 129. The predicted octanol–water partition coefficient (Wildman–Crippen LogP) is 1.10. The average Bonchev–Trinajstić information content (AvgIpc) is 2.04. The van der Waals surface area contributed by atoms with Crippen LogP contribution in [0.3, 0.4) is 0 Å². The van der Waals surface area contributed by atoms with Crippen molar-refractivity contribution in [1.82, 2.24) is 0 Å². The molecule has 0 bridgehead atoms. The second-order valence-corrected chi connectivity index (χ2v) is 1.88. The maximum Gasteiger partial charge on any atom is 0.302 e. The molecule has 0 rings (SSSR count). The van der Waals surface area contributed by atoms with Crippen LogP contribution in [0.25, 0.3) is 0 Å². The van der Waals surface area contributed by atoms with Gasteiger partial charge in [0, 0.05) is 6.92 Å². The molecule has 0 aromatic heterocycles. The number of rotatable bonds is 2. The first-order chi connectivity index (χ1) is 6.10. The van der Waals surface area contributed by atoms with Gasteiger partial charge >= 0.3 is 5.97 Å². The zero-order valence-electron chi connectivity index (χ0n) is 9.25. The standard InChI is InChI=1S/C4H8O3.2C3H6.H2O/c1-4(6)7-3-2-5;2*1-3-2;/h5H,2-3H2,1H3;2*3H,1H2,2H3;1H2. The lowest BCUT2D eigenvalue weighted by molar-refractivity contribution is -0.141. The van der Waals surface area contributed by atoms with Gasteiger partial charge in [-0.15, -0.1) is 13.2 Å². The van der Waals surface area contributed by atoms with Crippen LogP contribution in [0.15, 0.2) is 25.3 Å². The Bertz CT molecular complexity index is 115. The smallest absolute Gasteiger partial charge is 0.302 e. The molecule has 0 aromatic carbocycles. The topological polar surface area (TPSA) is 78.0 Å². The quantitative estimate of drug-likeness (QED) is 0.543. The number of aliphatic hydroxyl groups excluding tert-OH is 1. The Morgan fingerprint density at radius 1 is 1.36 bits per heavy atom. The van der Waals surface area contributed by atoms with E-state index >= 15 is 0 Å². The van der Waals surface area contributed by atoms with Gasteiger partial charge in [0.1, 0.15) is 6.61 Å². The number of ether oxygens (including phenoxy) is 1. The van der Waals surface area contributed by atoms with E-state index < -0.39 is 0 Å².